The quantitative estimate of drug-likeness (QED) is 0.916. The van der Waals surface area contributed by atoms with Crippen molar-refractivity contribution in [3.8, 4) is 5.75 Å². The van der Waals surface area contributed by atoms with E-state index in [2.05, 4.69) is 0 Å². The summed E-state index contributed by atoms with van der Waals surface area (Å²) in [5.74, 6) is 0.594. The van der Waals surface area contributed by atoms with Gasteiger partial charge in [0.25, 0.3) is 0 Å². The minimum Gasteiger partial charge on any atom is -0.484 e. The van der Waals surface area contributed by atoms with Gasteiger partial charge in [-0.05, 0) is 29.8 Å². The highest BCUT2D eigenvalue weighted by Gasteiger charge is 2.12. The van der Waals surface area contributed by atoms with E-state index < -0.39 is 9.84 Å². The van der Waals surface area contributed by atoms with Gasteiger partial charge in [-0.1, -0.05) is 30.3 Å². The van der Waals surface area contributed by atoms with Crippen molar-refractivity contribution in [3.63, 3.8) is 0 Å². The second-order valence-corrected chi connectivity index (χ2v) is 6.51. The van der Waals surface area contributed by atoms with E-state index in [9.17, 15) is 8.42 Å². The molecule has 2 rings (SSSR count). The maximum Gasteiger partial charge on any atom is 0.175 e. The van der Waals surface area contributed by atoms with Gasteiger partial charge >= 0.3 is 0 Å². The van der Waals surface area contributed by atoms with Crippen LogP contribution >= 0.6 is 0 Å². The van der Waals surface area contributed by atoms with Gasteiger partial charge in [-0.3, -0.25) is 0 Å². The molecule has 0 amide bonds. The zero-order valence-electron chi connectivity index (χ0n) is 11.2. The first kappa shape index (κ1) is 14.6. The van der Waals surface area contributed by atoms with Gasteiger partial charge in [-0.15, -0.1) is 0 Å². The normalized spacial score (nSPS) is 12.9. The molecule has 4 nitrogen and oxygen atoms in total. The zero-order chi connectivity index (χ0) is 14.6. The lowest BCUT2D eigenvalue weighted by Crippen LogP contribution is -2.18. The summed E-state index contributed by atoms with van der Waals surface area (Å²) in [6, 6.07) is 16.0. The molecule has 0 bridgehead atoms. The Morgan fingerprint density at radius 3 is 2.15 bits per heavy atom. The number of sulfone groups is 1. The highest BCUT2D eigenvalue weighted by atomic mass is 32.2. The van der Waals surface area contributed by atoms with Crippen molar-refractivity contribution >= 4 is 9.84 Å². The molecule has 0 aliphatic rings. The van der Waals surface area contributed by atoms with Crippen LogP contribution < -0.4 is 10.5 Å². The van der Waals surface area contributed by atoms with Gasteiger partial charge in [0, 0.05) is 12.8 Å². The largest absolute Gasteiger partial charge is 0.484 e. The number of benzene rings is 2. The van der Waals surface area contributed by atoms with Crippen LogP contribution in [0.25, 0.3) is 0 Å². The Bertz CT molecular complexity index is 651. The molecule has 1 unspecified atom stereocenters. The average Bonchev–Trinajstić information content (AvgIpc) is 2.45. The van der Waals surface area contributed by atoms with Crippen LogP contribution in [0, 0.1) is 0 Å². The Kier molecular flexibility index (Phi) is 4.42. The van der Waals surface area contributed by atoms with E-state index in [0.29, 0.717) is 12.3 Å². The molecule has 2 N–H and O–H groups in total. The molecule has 0 saturated heterocycles. The molecular formula is C15H17NO3S. The van der Waals surface area contributed by atoms with E-state index in [1.54, 1.807) is 12.1 Å². The van der Waals surface area contributed by atoms with Gasteiger partial charge in [0.15, 0.2) is 9.84 Å². The van der Waals surface area contributed by atoms with E-state index in [1.807, 2.05) is 30.3 Å². The summed E-state index contributed by atoms with van der Waals surface area (Å²) in [5, 5.41) is 0. The van der Waals surface area contributed by atoms with Gasteiger partial charge in [-0.2, -0.15) is 0 Å². The van der Waals surface area contributed by atoms with Crippen molar-refractivity contribution < 1.29 is 13.2 Å². The number of nitrogens with two attached hydrogens (primary N) is 1. The molecule has 0 radical (unpaired) electrons. The highest BCUT2D eigenvalue weighted by molar-refractivity contribution is 7.90. The lowest BCUT2D eigenvalue weighted by atomic mass is 10.1. The molecule has 20 heavy (non-hydrogen) atoms. The number of ether oxygens (including phenoxy) is 1. The monoisotopic (exact) mass is 291 g/mol. The Balaban J connectivity index is 2.17. The molecule has 0 aliphatic heterocycles. The Morgan fingerprint density at radius 1 is 1.05 bits per heavy atom. The SMILES string of the molecule is CS(=O)(=O)c1ccc(OC(CN)c2ccccc2)cc1. The second-order valence-electron chi connectivity index (χ2n) is 4.50. The first-order chi connectivity index (χ1) is 9.50. The molecule has 0 saturated carbocycles. The van der Waals surface area contributed by atoms with Crippen molar-refractivity contribution in [1.82, 2.24) is 0 Å². The third-order valence-corrected chi connectivity index (χ3v) is 4.04. The van der Waals surface area contributed by atoms with Gasteiger partial charge in [-0.25, -0.2) is 8.42 Å². The van der Waals surface area contributed by atoms with E-state index in [4.69, 9.17) is 10.5 Å². The lowest BCUT2D eigenvalue weighted by molar-refractivity contribution is 0.214. The fourth-order valence-corrected chi connectivity index (χ4v) is 2.48. The molecule has 1 atom stereocenters. The number of hydrogen-bond donors (Lipinski definition) is 1. The van der Waals surface area contributed by atoms with E-state index in [0.717, 1.165) is 5.56 Å². The van der Waals surface area contributed by atoms with Crippen LogP contribution in [0.1, 0.15) is 11.7 Å². The molecule has 0 heterocycles. The molecular weight excluding hydrogens is 274 g/mol. The molecule has 0 fully saturated rings. The van der Waals surface area contributed by atoms with Gasteiger partial charge < -0.3 is 10.5 Å². The second kappa shape index (κ2) is 6.07. The van der Waals surface area contributed by atoms with Crippen molar-refractivity contribution in [1.29, 1.82) is 0 Å². The first-order valence-corrected chi connectivity index (χ1v) is 8.11. The Morgan fingerprint density at radius 2 is 1.65 bits per heavy atom. The minimum atomic E-state index is -3.19. The van der Waals surface area contributed by atoms with Crippen LogP contribution in [0.2, 0.25) is 0 Å². The topological polar surface area (TPSA) is 69.4 Å². The van der Waals surface area contributed by atoms with Gasteiger partial charge in [0.1, 0.15) is 11.9 Å². The summed E-state index contributed by atoms with van der Waals surface area (Å²) < 4.78 is 28.6. The van der Waals surface area contributed by atoms with Crippen LogP contribution in [-0.4, -0.2) is 21.2 Å². The van der Waals surface area contributed by atoms with Crippen molar-refractivity contribution in [2.24, 2.45) is 5.73 Å². The van der Waals surface area contributed by atoms with Crippen LogP contribution in [0.15, 0.2) is 59.5 Å². The van der Waals surface area contributed by atoms with Crippen molar-refractivity contribution in [2.45, 2.75) is 11.0 Å². The highest BCUT2D eigenvalue weighted by Crippen LogP contribution is 2.22. The Labute approximate surface area is 119 Å². The van der Waals surface area contributed by atoms with Crippen LogP contribution in [0.4, 0.5) is 0 Å². The van der Waals surface area contributed by atoms with Crippen molar-refractivity contribution in [2.75, 3.05) is 12.8 Å². The molecule has 0 aliphatic carbocycles. The lowest BCUT2D eigenvalue weighted by Gasteiger charge is -2.18. The van der Waals surface area contributed by atoms with Crippen molar-refractivity contribution in [3.05, 3.63) is 60.2 Å². The predicted octanol–water partition coefficient (Wildman–Crippen LogP) is 2.17. The van der Waals surface area contributed by atoms with E-state index in [1.165, 1.54) is 18.4 Å². The molecule has 106 valence electrons. The molecule has 0 aromatic heterocycles. The third kappa shape index (κ3) is 3.59. The summed E-state index contributed by atoms with van der Waals surface area (Å²) in [6.07, 6.45) is 0.926. The average molecular weight is 291 g/mol. The van der Waals surface area contributed by atoms with E-state index in [-0.39, 0.29) is 11.0 Å². The Hall–Kier alpha value is -1.85. The summed E-state index contributed by atoms with van der Waals surface area (Å²) >= 11 is 0. The smallest absolute Gasteiger partial charge is 0.175 e. The summed E-state index contributed by atoms with van der Waals surface area (Å²) in [5.41, 5.74) is 6.72. The zero-order valence-corrected chi connectivity index (χ0v) is 12.0. The standard InChI is InChI=1S/C15H17NO3S/c1-20(17,18)14-9-7-13(8-10-14)19-15(11-16)12-5-3-2-4-6-12/h2-10,15H,11,16H2,1H3. The molecule has 2 aromatic rings. The minimum absolute atomic E-state index is 0.250. The third-order valence-electron chi connectivity index (χ3n) is 2.92. The maximum atomic E-state index is 11.4. The van der Waals surface area contributed by atoms with Crippen LogP contribution in [0.5, 0.6) is 5.75 Å². The summed E-state index contributed by atoms with van der Waals surface area (Å²) in [7, 11) is -3.19. The number of rotatable bonds is 5. The van der Waals surface area contributed by atoms with Gasteiger partial charge in [0.2, 0.25) is 0 Å². The fraction of sp³-hybridized carbons (Fsp3) is 0.200. The van der Waals surface area contributed by atoms with Gasteiger partial charge in [0.05, 0.1) is 4.90 Å². The number of hydrogen-bond acceptors (Lipinski definition) is 4. The molecule has 5 heteroatoms. The maximum absolute atomic E-state index is 11.4. The van der Waals surface area contributed by atoms with Crippen LogP contribution in [0.3, 0.4) is 0 Å². The first-order valence-electron chi connectivity index (χ1n) is 6.22. The summed E-state index contributed by atoms with van der Waals surface area (Å²) in [4.78, 5) is 0.272. The molecule has 2 aromatic carbocycles. The predicted molar refractivity (Wildman–Crippen MR) is 78.4 cm³/mol. The summed E-state index contributed by atoms with van der Waals surface area (Å²) in [6.45, 7) is 0.345. The van der Waals surface area contributed by atoms with E-state index >= 15 is 0 Å². The van der Waals surface area contributed by atoms with Crippen LogP contribution in [-0.2, 0) is 9.84 Å². The fourth-order valence-electron chi connectivity index (χ4n) is 1.85. The molecule has 0 spiro atoms.